The summed E-state index contributed by atoms with van der Waals surface area (Å²) in [4.78, 5) is 3.81. The molecule has 0 heterocycles. The minimum Gasteiger partial charge on any atom is -0.238 e. The molecule has 0 unspecified atom stereocenters. The van der Waals surface area contributed by atoms with E-state index in [4.69, 9.17) is 6.57 Å². The zero-order valence-corrected chi connectivity index (χ0v) is 22.9. The van der Waals surface area contributed by atoms with Crippen LogP contribution in [0, 0.1) is 6.57 Å². The molecule has 0 atom stereocenters. The van der Waals surface area contributed by atoms with E-state index in [0.29, 0.717) is 5.69 Å². The lowest BCUT2D eigenvalue weighted by atomic mass is 9.84. The number of benzene rings is 8. The Balaban J connectivity index is 1.37. The van der Waals surface area contributed by atoms with Crippen molar-refractivity contribution in [3.05, 3.63) is 163 Å². The molecule has 0 radical (unpaired) electrons. The number of hydrogen-bond donors (Lipinski definition) is 0. The van der Waals surface area contributed by atoms with Crippen LogP contribution in [0.5, 0.6) is 0 Å². The monoisotopic (exact) mass is 531 g/mol. The van der Waals surface area contributed by atoms with Gasteiger partial charge in [0.2, 0.25) is 0 Å². The molecule has 0 amide bonds. The van der Waals surface area contributed by atoms with E-state index in [1.807, 2.05) is 12.1 Å². The Morgan fingerprint density at radius 3 is 1.50 bits per heavy atom. The first-order chi connectivity index (χ1) is 20.8. The number of fused-ring (bicyclic) bond motifs is 4. The zero-order valence-electron chi connectivity index (χ0n) is 22.9. The second-order valence-corrected chi connectivity index (χ2v) is 10.8. The van der Waals surface area contributed by atoms with Gasteiger partial charge in [0.15, 0.2) is 5.69 Å². The maximum atomic E-state index is 7.72. The van der Waals surface area contributed by atoms with Gasteiger partial charge in [0.25, 0.3) is 0 Å². The van der Waals surface area contributed by atoms with Crippen molar-refractivity contribution >= 4 is 48.8 Å². The molecular weight excluding hydrogens is 506 g/mol. The molecule has 42 heavy (non-hydrogen) atoms. The van der Waals surface area contributed by atoms with Crippen molar-refractivity contribution in [2.45, 2.75) is 0 Å². The normalized spacial score (nSPS) is 11.3. The van der Waals surface area contributed by atoms with Gasteiger partial charge in [0, 0.05) is 0 Å². The fraction of sp³-hybridized carbons (Fsp3) is 0. The first-order valence-electron chi connectivity index (χ1n) is 14.2. The average molecular weight is 532 g/mol. The lowest BCUT2D eigenvalue weighted by Crippen LogP contribution is -1.91. The van der Waals surface area contributed by atoms with Crippen molar-refractivity contribution in [2.75, 3.05) is 0 Å². The van der Waals surface area contributed by atoms with Crippen LogP contribution in [0.4, 0.5) is 5.69 Å². The van der Waals surface area contributed by atoms with Gasteiger partial charge in [-0.05, 0) is 82.5 Å². The lowest BCUT2D eigenvalue weighted by molar-refractivity contribution is 1.63. The maximum Gasteiger partial charge on any atom is 0.194 e. The van der Waals surface area contributed by atoms with Crippen LogP contribution in [0.2, 0.25) is 0 Å². The van der Waals surface area contributed by atoms with Crippen LogP contribution in [0.25, 0.3) is 81.3 Å². The molecule has 0 aliphatic heterocycles. The highest BCUT2D eigenvalue weighted by Crippen LogP contribution is 2.46. The average Bonchev–Trinajstić information content (AvgIpc) is 3.06. The van der Waals surface area contributed by atoms with Gasteiger partial charge in [-0.1, -0.05) is 146 Å². The summed E-state index contributed by atoms with van der Waals surface area (Å²) >= 11 is 0. The fourth-order valence-electron chi connectivity index (χ4n) is 6.53. The molecule has 0 bridgehead atoms. The van der Waals surface area contributed by atoms with E-state index in [1.54, 1.807) is 0 Å². The van der Waals surface area contributed by atoms with Crippen LogP contribution >= 0.6 is 0 Å². The van der Waals surface area contributed by atoms with E-state index >= 15 is 0 Å². The summed E-state index contributed by atoms with van der Waals surface area (Å²) in [6.45, 7) is 7.72. The van der Waals surface area contributed by atoms with Crippen molar-refractivity contribution < 1.29 is 0 Å². The van der Waals surface area contributed by atoms with E-state index in [9.17, 15) is 0 Å². The van der Waals surface area contributed by atoms with Crippen molar-refractivity contribution in [3.63, 3.8) is 0 Å². The fourth-order valence-corrected chi connectivity index (χ4v) is 6.53. The number of hydrogen-bond acceptors (Lipinski definition) is 0. The summed E-state index contributed by atoms with van der Waals surface area (Å²) in [5.74, 6) is 0. The molecule has 8 rings (SSSR count). The lowest BCUT2D eigenvalue weighted by Gasteiger charge is -2.19. The highest BCUT2D eigenvalue weighted by atomic mass is 14.6. The molecule has 0 aliphatic carbocycles. The van der Waals surface area contributed by atoms with Gasteiger partial charge in [0.1, 0.15) is 0 Å². The molecule has 0 fully saturated rings. The van der Waals surface area contributed by atoms with Crippen molar-refractivity contribution in [1.82, 2.24) is 0 Å². The molecule has 8 aromatic carbocycles. The predicted molar refractivity (Wildman–Crippen MR) is 179 cm³/mol. The number of nitrogens with zero attached hydrogens (tertiary/aromatic N) is 1. The van der Waals surface area contributed by atoms with Gasteiger partial charge in [-0.2, -0.15) is 0 Å². The summed E-state index contributed by atoms with van der Waals surface area (Å²) < 4.78 is 0. The van der Waals surface area contributed by atoms with Crippen LogP contribution in [0.1, 0.15) is 0 Å². The molecular formula is C41H25N. The van der Waals surface area contributed by atoms with Crippen LogP contribution in [-0.2, 0) is 0 Å². The third-order valence-corrected chi connectivity index (χ3v) is 8.48. The van der Waals surface area contributed by atoms with Crippen molar-refractivity contribution in [3.8, 4) is 33.4 Å². The molecule has 0 saturated carbocycles. The highest BCUT2D eigenvalue weighted by molar-refractivity contribution is 6.24. The Bertz CT molecular complexity index is 2300. The van der Waals surface area contributed by atoms with Crippen molar-refractivity contribution in [2.24, 2.45) is 0 Å². The first kappa shape index (κ1) is 24.1. The van der Waals surface area contributed by atoms with Gasteiger partial charge < -0.3 is 0 Å². The summed E-state index contributed by atoms with van der Waals surface area (Å²) in [6, 6.07) is 54.1. The largest absolute Gasteiger partial charge is 0.238 e. The van der Waals surface area contributed by atoms with Gasteiger partial charge >= 0.3 is 0 Å². The van der Waals surface area contributed by atoms with Crippen LogP contribution in [0.3, 0.4) is 0 Å². The topological polar surface area (TPSA) is 4.36 Å². The SMILES string of the molecule is [C-]#[N+]c1ccc(-c2c3ccccc3c(-c3ccc(-c4ccc5ccccc5c4)cc3)c3ccccc23)c2ccccc12. The van der Waals surface area contributed by atoms with E-state index in [-0.39, 0.29) is 0 Å². The Morgan fingerprint density at radius 1 is 0.357 bits per heavy atom. The highest BCUT2D eigenvalue weighted by Gasteiger charge is 2.18. The van der Waals surface area contributed by atoms with Gasteiger partial charge in [-0.25, -0.2) is 4.85 Å². The molecule has 0 saturated heterocycles. The van der Waals surface area contributed by atoms with Crippen molar-refractivity contribution in [1.29, 1.82) is 0 Å². The minimum atomic E-state index is 0.686. The third kappa shape index (κ3) is 3.78. The Morgan fingerprint density at radius 2 is 0.857 bits per heavy atom. The quantitative estimate of drug-likeness (QED) is 0.158. The zero-order chi connectivity index (χ0) is 28.0. The molecule has 1 heteroatoms. The predicted octanol–water partition coefficient (Wildman–Crippen LogP) is 11.9. The second-order valence-electron chi connectivity index (χ2n) is 10.8. The Kier molecular flexibility index (Phi) is 5.59. The van der Waals surface area contributed by atoms with E-state index < -0.39 is 0 Å². The van der Waals surface area contributed by atoms with Gasteiger partial charge in [0.05, 0.1) is 6.57 Å². The Labute approximate surface area is 244 Å². The molecule has 194 valence electrons. The summed E-state index contributed by atoms with van der Waals surface area (Å²) in [6.07, 6.45) is 0. The molecule has 8 aromatic rings. The first-order valence-corrected chi connectivity index (χ1v) is 14.2. The molecule has 0 aliphatic rings. The van der Waals surface area contributed by atoms with E-state index in [1.165, 1.54) is 60.1 Å². The third-order valence-electron chi connectivity index (χ3n) is 8.48. The summed E-state index contributed by atoms with van der Waals surface area (Å²) in [5, 5.41) is 9.48. The molecule has 1 nitrogen and oxygen atoms in total. The summed E-state index contributed by atoms with van der Waals surface area (Å²) in [7, 11) is 0. The van der Waals surface area contributed by atoms with Gasteiger partial charge in [-0.3, -0.25) is 0 Å². The standard InChI is InChI=1S/C41H25N/c1-42-39-25-24-38(32-12-4-5-13-33(32)39)41-36-16-8-6-14-34(36)40(35-15-7-9-17-37(35)41)29-21-18-28(19-22-29)31-23-20-27-10-2-3-11-30(27)26-31/h2-26H. The molecule has 0 aromatic heterocycles. The molecule has 0 N–H and O–H groups in total. The van der Waals surface area contributed by atoms with Gasteiger partial charge in [-0.15, -0.1) is 0 Å². The number of rotatable bonds is 3. The minimum absolute atomic E-state index is 0.686. The Hall–Kier alpha value is -5.71. The van der Waals surface area contributed by atoms with Crippen LogP contribution < -0.4 is 0 Å². The maximum absolute atomic E-state index is 7.72. The molecule has 0 spiro atoms. The smallest absolute Gasteiger partial charge is 0.194 e. The van der Waals surface area contributed by atoms with Crippen LogP contribution in [0.15, 0.2) is 152 Å². The van der Waals surface area contributed by atoms with E-state index in [0.717, 1.165) is 16.3 Å². The second kappa shape index (κ2) is 9.73. The summed E-state index contributed by atoms with van der Waals surface area (Å²) in [5.41, 5.74) is 7.94. The van der Waals surface area contributed by atoms with E-state index in [2.05, 4.69) is 144 Å². The van der Waals surface area contributed by atoms with Crippen LogP contribution in [-0.4, -0.2) is 0 Å².